The zero-order valence-corrected chi connectivity index (χ0v) is 12.6. The van der Waals surface area contributed by atoms with Gasteiger partial charge in [-0.1, -0.05) is 13.8 Å². The Labute approximate surface area is 121 Å². The Morgan fingerprint density at radius 1 is 1.20 bits per heavy atom. The van der Waals surface area contributed by atoms with Crippen LogP contribution in [0.1, 0.15) is 37.7 Å². The van der Waals surface area contributed by atoms with Crippen LogP contribution in [-0.2, 0) is 0 Å². The van der Waals surface area contributed by atoms with Crippen molar-refractivity contribution in [2.45, 2.75) is 27.2 Å². The number of carbonyl (C=O) groups is 1. The molecule has 0 fully saturated rings. The molecule has 112 valence electrons. The number of likely N-dealkylation sites (N-methyl/N-ethyl adjacent to an activating group) is 1. The Bertz CT molecular complexity index is 393. The van der Waals surface area contributed by atoms with Gasteiger partial charge < -0.3 is 15.5 Å². The predicted molar refractivity (Wildman–Crippen MR) is 80.9 cm³/mol. The van der Waals surface area contributed by atoms with Crippen molar-refractivity contribution in [3.63, 3.8) is 0 Å². The first-order chi connectivity index (χ1) is 9.71. The van der Waals surface area contributed by atoms with E-state index in [0.717, 1.165) is 32.6 Å². The summed E-state index contributed by atoms with van der Waals surface area (Å²) in [5.41, 5.74) is 0.352. The lowest BCUT2D eigenvalue weighted by Crippen LogP contribution is -2.35. The highest BCUT2D eigenvalue weighted by atomic mass is 16.1. The Balaban J connectivity index is 2.38. The zero-order chi connectivity index (χ0) is 14.8. The molecule has 0 aliphatic carbocycles. The molecular formula is C14H25N5O. The summed E-state index contributed by atoms with van der Waals surface area (Å²) in [7, 11) is 0. The molecule has 0 radical (unpaired) electrons. The van der Waals surface area contributed by atoms with Crippen LogP contribution in [0.5, 0.6) is 0 Å². The molecule has 0 unspecified atom stereocenters. The van der Waals surface area contributed by atoms with Crippen LogP contribution < -0.4 is 10.6 Å². The number of hydrogen-bond acceptors (Lipinski definition) is 5. The van der Waals surface area contributed by atoms with Crippen molar-refractivity contribution in [1.82, 2.24) is 20.4 Å². The van der Waals surface area contributed by atoms with Crippen LogP contribution in [0.2, 0.25) is 0 Å². The average molecular weight is 279 g/mol. The van der Waals surface area contributed by atoms with Crippen molar-refractivity contribution in [3.05, 3.63) is 17.8 Å². The summed E-state index contributed by atoms with van der Waals surface area (Å²) in [6.07, 6.45) is 1.12. The molecule has 1 aromatic heterocycles. The van der Waals surface area contributed by atoms with Gasteiger partial charge >= 0.3 is 0 Å². The summed E-state index contributed by atoms with van der Waals surface area (Å²) in [4.78, 5) is 14.2. The van der Waals surface area contributed by atoms with Gasteiger partial charge in [-0.05, 0) is 38.6 Å². The molecule has 0 atom stereocenters. The van der Waals surface area contributed by atoms with Gasteiger partial charge in [0.1, 0.15) is 5.82 Å². The van der Waals surface area contributed by atoms with Gasteiger partial charge in [-0.25, -0.2) is 0 Å². The van der Waals surface area contributed by atoms with Crippen molar-refractivity contribution < 1.29 is 4.79 Å². The Morgan fingerprint density at radius 2 is 2.00 bits per heavy atom. The van der Waals surface area contributed by atoms with Crippen LogP contribution >= 0.6 is 0 Å². The molecule has 0 bridgehead atoms. The van der Waals surface area contributed by atoms with Crippen molar-refractivity contribution in [2.24, 2.45) is 0 Å². The smallest absolute Gasteiger partial charge is 0.271 e. The Kier molecular flexibility index (Phi) is 7.57. The van der Waals surface area contributed by atoms with Crippen LogP contribution in [0.25, 0.3) is 0 Å². The van der Waals surface area contributed by atoms with Crippen LogP contribution in [0.15, 0.2) is 12.1 Å². The minimum atomic E-state index is -0.173. The lowest BCUT2D eigenvalue weighted by Gasteiger charge is -2.19. The maximum atomic E-state index is 11.9. The van der Waals surface area contributed by atoms with Crippen LogP contribution in [-0.4, -0.2) is 53.7 Å². The maximum absolute atomic E-state index is 11.9. The van der Waals surface area contributed by atoms with E-state index >= 15 is 0 Å². The second kappa shape index (κ2) is 9.25. The molecule has 2 N–H and O–H groups in total. The first-order valence-corrected chi connectivity index (χ1v) is 7.29. The van der Waals surface area contributed by atoms with Crippen LogP contribution in [0, 0.1) is 0 Å². The van der Waals surface area contributed by atoms with E-state index in [1.807, 2.05) is 6.92 Å². The van der Waals surface area contributed by atoms with E-state index in [1.165, 1.54) is 0 Å². The SMILES string of the molecule is CCCN(CC)CCNC(=O)c1ccc(NCC)nn1. The van der Waals surface area contributed by atoms with Gasteiger partial charge in [0.2, 0.25) is 0 Å². The number of carbonyl (C=O) groups excluding carboxylic acids is 1. The molecule has 6 nitrogen and oxygen atoms in total. The minimum Gasteiger partial charge on any atom is -0.369 e. The molecule has 0 aliphatic rings. The van der Waals surface area contributed by atoms with Crippen molar-refractivity contribution in [3.8, 4) is 0 Å². The number of amides is 1. The molecule has 0 aliphatic heterocycles. The van der Waals surface area contributed by atoms with Gasteiger partial charge in [-0.2, -0.15) is 0 Å². The van der Waals surface area contributed by atoms with Gasteiger partial charge in [-0.3, -0.25) is 4.79 Å². The highest BCUT2D eigenvalue weighted by Gasteiger charge is 2.08. The fourth-order valence-electron chi connectivity index (χ4n) is 1.89. The van der Waals surface area contributed by atoms with Crippen molar-refractivity contribution in [1.29, 1.82) is 0 Å². The first kappa shape index (κ1) is 16.4. The van der Waals surface area contributed by atoms with E-state index < -0.39 is 0 Å². The van der Waals surface area contributed by atoms with Gasteiger partial charge in [0.15, 0.2) is 5.69 Å². The molecule has 1 aromatic rings. The monoisotopic (exact) mass is 279 g/mol. The van der Waals surface area contributed by atoms with E-state index in [9.17, 15) is 4.79 Å². The predicted octanol–water partition coefficient (Wildman–Crippen LogP) is 1.37. The summed E-state index contributed by atoms with van der Waals surface area (Å²) in [5.74, 6) is 0.511. The summed E-state index contributed by atoms with van der Waals surface area (Å²) in [6.45, 7) is 10.6. The number of rotatable bonds is 9. The number of anilines is 1. The quantitative estimate of drug-likeness (QED) is 0.714. The Hall–Kier alpha value is -1.69. The van der Waals surface area contributed by atoms with Crippen LogP contribution in [0.3, 0.4) is 0 Å². The first-order valence-electron chi connectivity index (χ1n) is 7.29. The molecule has 6 heteroatoms. The topological polar surface area (TPSA) is 70.2 Å². The summed E-state index contributed by atoms with van der Waals surface area (Å²) < 4.78 is 0. The molecule has 1 rings (SSSR count). The normalized spacial score (nSPS) is 10.6. The Morgan fingerprint density at radius 3 is 2.55 bits per heavy atom. The van der Waals surface area contributed by atoms with Crippen LogP contribution in [0.4, 0.5) is 5.82 Å². The zero-order valence-electron chi connectivity index (χ0n) is 12.6. The summed E-state index contributed by atoms with van der Waals surface area (Å²) in [5, 5.41) is 13.8. The third-order valence-corrected chi connectivity index (χ3v) is 2.96. The number of hydrogen-bond donors (Lipinski definition) is 2. The molecule has 0 spiro atoms. The molecule has 20 heavy (non-hydrogen) atoms. The molecule has 0 saturated carbocycles. The minimum absolute atomic E-state index is 0.173. The van der Waals surface area contributed by atoms with E-state index in [2.05, 4.69) is 39.6 Å². The van der Waals surface area contributed by atoms with Crippen molar-refractivity contribution >= 4 is 11.7 Å². The number of nitrogens with zero attached hydrogens (tertiary/aromatic N) is 3. The molecular weight excluding hydrogens is 254 g/mol. The average Bonchev–Trinajstić information content (AvgIpc) is 2.47. The number of nitrogens with one attached hydrogen (secondary N) is 2. The molecule has 0 aromatic carbocycles. The summed E-state index contributed by atoms with van der Waals surface area (Å²) >= 11 is 0. The molecule has 0 saturated heterocycles. The number of aromatic nitrogens is 2. The van der Waals surface area contributed by atoms with Gasteiger partial charge in [0, 0.05) is 19.6 Å². The third kappa shape index (κ3) is 5.52. The lowest BCUT2D eigenvalue weighted by atomic mass is 10.3. The largest absolute Gasteiger partial charge is 0.369 e. The second-order valence-electron chi connectivity index (χ2n) is 4.52. The highest BCUT2D eigenvalue weighted by Crippen LogP contribution is 2.01. The molecule has 1 amide bonds. The standard InChI is InChI=1S/C14H25N5O/c1-4-10-19(6-3)11-9-16-14(20)12-7-8-13(15-5-2)18-17-12/h7-8H,4-6,9-11H2,1-3H3,(H,15,18)(H,16,20). The fourth-order valence-corrected chi connectivity index (χ4v) is 1.89. The van der Waals surface area contributed by atoms with Gasteiger partial charge in [0.05, 0.1) is 0 Å². The van der Waals surface area contributed by atoms with E-state index in [0.29, 0.717) is 18.1 Å². The van der Waals surface area contributed by atoms with E-state index in [4.69, 9.17) is 0 Å². The second-order valence-corrected chi connectivity index (χ2v) is 4.52. The summed E-state index contributed by atoms with van der Waals surface area (Å²) in [6, 6.07) is 3.45. The van der Waals surface area contributed by atoms with E-state index in [1.54, 1.807) is 12.1 Å². The van der Waals surface area contributed by atoms with E-state index in [-0.39, 0.29) is 5.91 Å². The third-order valence-electron chi connectivity index (χ3n) is 2.96. The lowest BCUT2D eigenvalue weighted by molar-refractivity contribution is 0.0942. The molecule has 1 heterocycles. The van der Waals surface area contributed by atoms with Crippen molar-refractivity contribution in [2.75, 3.05) is 38.0 Å². The maximum Gasteiger partial charge on any atom is 0.271 e. The highest BCUT2D eigenvalue weighted by molar-refractivity contribution is 5.92. The fraction of sp³-hybridized carbons (Fsp3) is 0.643. The van der Waals surface area contributed by atoms with Gasteiger partial charge in [-0.15, -0.1) is 10.2 Å². The van der Waals surface area contributed by atoms with Gasteiger partial charge in [0.25, 0.3) is 5.91 Å².